The molecule has 0 aliphatic carbocycles. The van der Waals surface area contributed by atoms with Crippen LogP contribution < -0.4 is 4.90 Å². The molecule has 7 aromatic rings. The summed E-state index contributed by atoms with van der Waals surface area (Å²) in [6.07, 6.45) is 0. The first kappa shape index (κ1) is 22.5. The highest BCUT2D eigenvalue weighted by Crippen LogP contribution is 2.44. The van der Waals surface area contributed by atoms with E-state index < -0.39 is 0 Å². The molecule has 0 N–H and O–H groups in total. The summed E-state index contributed by atoms with van der Waals surface area (Å²) in [5.41, 5.74) is 8.40. The van der Waals surface area contributed by atoms with Gasteiger partial charge in [-0.2, -0.15) is 0 Å². The molecule has 0 atom stereocenters. The van der Waals surface area contributed by atoms with Crippen molar-refractivity contribution in [2.45, 2.75) is 0 Å². The summed E-state index contributed by atoms with van der Waals surface area (Å²) in [6.45, 7) is 0. The first-order valence-electron chi connectivity index (χ1n) is 12.9. The van der Waals surface area contributed by atoms with E-state index in [4.69, 9.17) is 0 Å². The highest BCUT2D eigenvalue weighted by atomic mass is 32.1. The maximum atomic E-state index is 2.37. The molecule has 38 heavy (non-hydrogen) atoms. The highest BCUT2D eigenvalue weighted by Gasteiger charge is 2.17. The number of benzene rings is 6. The molecule has 0 radical (unpaired) electrons. The van der Waals surface area contributed by atoms with Crippen LogP contribution in [0.3, 0.4) is 0 Å². The number of nitrogens with zero attached hydrogens (tertiary/aromatic N) is 1. The minimum Gasteiger partial charge on any atom is -0.309 e. The SMILES string of the molecule is c1ccc(-c2ccc(-c3ccc(N(c4ccccc4)c4cccc5c4sc4ccccc45)cc3)cc2)cc1. The van der Waals surface area contributed by atoms with Crippen LogP contribution in [0.15, 0.2) is 152 Å². The molecule has 0 aliphatic rings. The van der Waals surface area contributed by atoms with E-state index in [9.17, 15) is 0 Å². The van der Waals surface area contributed by atoms with Gasteiger partial charge in [0.25, 0.3) is 0 Å². The predicted octanol–water partition coefficient (Wildman–Crippen LogP) is 10.9. The average molecular weight is 504 g/mol. The number of hydrogen-bond donors (Lipinski definition) is 0. The molecule has 0 unspecified atom stereocenters. The van der Waals surface area contributed by atoms with Crippen molar-refractivity contribution >= 4 is 48.6 Å². The first-order valence-corrected chi connectivity index (χ1v) is 13.7. The maximum absolute atomic E-state index is 2.37. The minimum atomic E-state index is 1.14. The molecule has 2 heteroatoms. The minimum absolute atomic E-state index is 1.14. The van der Waals surface area contributed by atoms with Crippen molar-refractivity contribution in [2.24, 2.45) is 0 Å². The van der Waals surface area contributed by atoms with E-state index in [1.165, 1.54) is 48.1 Å². The zero-order chi connectivity index (χ0) is 25.3. The zero-order valence-corrected chi connectivity index (χ0v) is 21.6. The number of thiophene rings is 1. The van der Waals surface area contributed by atoms with Crippen molar-refractivity contribution in [1.29, 1.82) is 0 Å². The van der Waals surface area contributed by atoms with Gasteiger partial charge in [-0.05, 0) is 58.7 Å². The van der Waals surface area contributed by atoms with Crippen molar-refractivity contribution in [1.82, 2.24) is 0 Å². The number of para-hydroxylation sites is 1. The molecule has 1 nitrogen and oxygen atoms in total. The lowest BCUT2D eigenvalue weighted by atomic mass is 10.00. The van der Waals surface area contributed by atoms with Gasteiger partial charge in [0.15, 0.2) is 0 Å². The summed E-state index contributed by atoms with van der Waals surface area (Å²) < 4.78 is 2.62. The van der Waals surface area contributed by atoms with Gasteiger partial charge in [-0.1, -0.05) is 115 Å². The van der Waals surface area contributed by atoms with Gasteiger partial charge in [-0.25, -0.2) is 0 Å². The van der Waals surface area contributed by atoms with Crippen LogP contribution in [0.1, 0.15) is 0 Å². The lowest BCUT2D eigenvalue weighted by molar-refractivity contribution is 1.30. The largest absolute Gasteiger partial charge is 0.309 e. The van der Waals surface area contributed by atoms with Crippen molar-refractivity contribution < 1.29 is 0 Å². The molecule has 0 aliphatic heterocycles. The lowest BCUT2D eigenvalue weighted by Gasteiger charge is -2.26. The van der Waals surface area contributed by atoms with Gasteiger partial charge in [0, 0.05) is 26.8 Å². The van der Waals surface area contributed by atoms with Gasteiger partial charge in [-0.15, -0.1) is 11.3 Å². The molecule has 0 saturated carbocycles. The molecule has 0 bridgehead atoms. The normalized spacial score (nSPS) is 11.2. The van der Waals surface area contributed by atoms with Crippen LogP contribution in [0.5, 0.6) is 0 Å². The summed E-state index contributed by atoms with van der Waals surface area (Å²) in [7, 11) is 0. The fourth-order valence-electron chi connectivity index (χ4n) is 5.20. The molecule has 1 aromatic heterocycles. The quantitative estimate of drug-likeness (QED) is 0.226. The Labute approximate surface area is 226 Å². The van der Waals surface area contributed by atoms with Crippen molar-refractivity contribution in [3.8, 4) is 22.3 Å². The van der Waals surface area contributed by atoms with E-state index in [-0.39, 0.29) is 0 Å². The third kappa shape index (κ3) is 4.06. The smallest absolute Gasteiger partial charge is 0.0640 e. The Balaban J connectivity index is 1.30. The van der Waals surface area contributed by atoms with Crippen LogP contribution in [0.2, 0.25) is 0 Å². The molecule has 6 aromatic carbocycles. The molecule has 0 amide bonds. The predicted molar refractivity (Wildman–Crippen MR) is 165 cm³/mol. The Kier molecular flexibility index (Phi) is 5.73. The van der Waals surface area contributed by atoms with E-state index in [0.717, 1.165) is 11.4 Å². The Morgan fingerprint density at radius 1 is 0.368 bits per heavy atom. The highest BCUT2D eigenvalue weighted by molar-refractivity contribution is 7.26. The molecule has 1 heterocycles. The lowest BCUT2D eigenvalue weighted by Crippen LogP contribution is -2.09. The Bertz CT molecular complexity index is 1830. The van der Waals surface area contributed by atoms with Crippen LogP contribution in [0.4, 0.5) is 17.1 Å². The maximum Gasteiger partial charge on any atom is 0.0640 e. The summed E-state index contributed by atoms with van der Waals surface area (Å²) in [5, 5.41) is 2.62. The second-order valence-electron chi connectivity index (χ2n) is 9.41. The fourth-order valence-corrected chi connectivity index (χ4v) is 6.41. The topological polar surface area (TPSA) is 3.24 Å². The van der Waals surface area contributed by atoms with Crippen LogP contribution in [-0.4, -0.2) is 0 Å². The second kappa shape index (κ2) is 9.66. The molecular formula is C36H25NS. The summed E-state index contributed by atoms with van der Waals surface area (Å²) >= 11 is 1.86. The molecular weight excluding hydrogens is 478 g/mol. The van der Waals surface area contributed by atoms with Gasteiger partial charge in [0.1, 0.15) is 0 Å². The van der Waals surface area contributed by atoms with Gasteiger partial charge in [0.2, 0.25) is 0 Å². The number of rotatable bonds is 5. The summed E-state index contributed by atoms with van der Waals surface area (Å²) in [6, 6.07) is 54.3. The molecule has 180 valence electrons. The number of fused-ring (bicyclic) bond motifs is 3. The van der Waals surface area contributed by atoms with E-state index in [1.54, 1.807) is 0 Å². The van der Waals surface area contributed by atoms with Gasteiger partial charge in [0.05, 0.1) is 10.4 Å². The third-order valence-corrected chi connectivity index (χ3v) is 8.30. The Hall–Kier alpha value is -4.66. The molecule has 7 rings (SSSR count). The van der Waals surface area contributed by atoms with Gasteiger partial charge in [-0.3, -0.25) is 0 Å². The van der Waals surface area contributed by atoms with Gasteiger partial charge >= 0.3 is 0 Å². The Morgan fingerprint density at radius 3 is 1.55 bits per heavy atom. The number of hydrogen-bond acceptors (Lipinski definition) is 2. The fraction of sp³-hybridized carbons (Fsp3) is 0. The van der Waals surface area contributed by atoms with Crippen molar-refractivity contribution in [3.63, 3.8) is 0 Å². The van der Waals surface area contributed by atoms with Gasteiger partial charge < -0.3 is 4.90 Å². The van der Waals surface area contributed by atoms with E-state index >= 15 is 0 Å². The standard InChI is InChI=1S/C36H25NS/c1-3-10-26(11-4-1)27-18-20-28(21-19-27)29-22-24-31(25-23-29)37(30-12-5-2-6-13-30)34-16-9-15-33-32-14-7-8-17-35(32)38-36(33)34/h1-25H. The number of anilines is 3. The molecule has 0 saturated heterocycles. The van der Waals surface area contributed by atoms with Crippen molar-refractivity contribution in [2.75, 3.05) is 4.90 Å². The van der Waals surface area contributed by atoms with Crippen LogP contribution >= 0.6 is 11.3 Å². The first-order chi connectivity index (χ1) is 18.8. The van der Waals surface area contributed by atoms with Crippen LogP contribution in [0.25, 0.3) is 42.4 Å². The van der Waals surface area contributed by atoms with Crippen molar-refractivity contribution in [3.05, 3.63) is 152 Å². The van der Waals surface area contributed by atoms with E-state index in [1.807, 2.05) is 11.3 Å². The van der Waals surface area contributed by atoms with Crippen LogP contribution in [0, 0.1) is 0 Å². The van der Waals surface area contributed by atoms with E-state index in [2.05, 4.69) is 157 Å². The molecule has 0 fully saturated rings. The monoisotopic (exact) mass is 503 g/mol. The second-order valence-corrected chi connectivity index (χ2v) is 10.5. The van der Waals surface area contributed by atoms with E-state index in [0.29, 0.717) is 0 Å². The molecule has 0 spiro atoms. The Morgan fingerprint density at radius 2 is 0.868 bits per heavy atom. The third-order valence-electron chi connectivity index (χ3n) is 7.09. The summed E-state index contributed by atoms with van der Waals surface area (Å²) in [4.78, 5) is 2.37. The summed E-state index contributed by atoms with van der Waals surface area (Å²) in [5.74, 6) is 0. The average Bonchev–Trinajstić information content (AvgIpc) is 3.39. The zero-order valence-electron chi connectivity index (χ0n) is 20.8. The van der Waals surface area contributed by atoms with Crippen LogP contribution in [-0.2, 0) is 0 Å².